The lowest BCUT2D eigenvalue weighted by atomic mass is 9.96. The van der Waals surface area contributed by atoms with Crippen LogP contribution in [0.5, 0.6) is 0 Å². The molecule has 1 saturated heterocycles. The van der Waals surface area contributed by atoms with Crippen molar-refractivity contribution >= 4 is 22.6 Å². The van der Waals surface area contributed by atoms with E-state index >= 15 is 0 Å². The summed E-state index contributed by atoms with van der Waals surface area (Å²) in [6.45, 7) is 3.37. The monoisotopic (exact) mass is 357 g/mol. The van der Waals surface area contributed by atoms with Gasteiger partial charge in [0.1, 0.15) is 0 Å². The van der Waals surface area contributed by atoms with E-state index in [-0.39, 0.29) is 23.4 Å². The third-order valence-corrected chi connectivity index (χ3v) is 4.82. The summed E-state index contributed by atoms with van der Waals surface area (Å²) in [4.78, 5) is 39.0. The number of esters is 1. The molecule has 2 aromatic rings. The molecule has 0 atom stereocenters. The third-order valence-electron chi connectivity index (χ3n) is 4.82. The molecule has 0 saturated carbocycles. The minimum atomic E-state index is -0.225. The predicted molar refractivity (Wildman–Crippen MR) is 96.9 cm³/mol. The standard InChI is InChI=1S/C19H23N3O4/c1-3-10-22-17(23)15-7-5-4-6-14(15)16(20-22)18(24)21-11-8-13(9-12-21)19(25)26-2/h4-7,13H,3,8-12H2,1-2H3. The van der Waals surface area contributed by atoms with Crippen LogP contribution in [0, 0.1) is 5.92 Å². The number of aryl methyl sites for hydroxylation is 1. The molecule has 0 N–H and O–H groups in total. The molecule has 1 aromatic carbocycles. The number of fused-ring (bicyclic) bond motifs is 1. The van der Waals surface area contributed by atoms with Crippen molar-refractivity contribution in [2.24, 2.45) is 5.92 Å². The Bertz CT molecular complexity index is 882. The number of aromatic nitrogens is 2. The van der Waals surface area contributed by atoms with Crippen LogP contribution < -0.4 is 5.56 Å². The van der Waals surface area contributed by atoms with Gasteiger partial charge in [-0.1, -0.05) is 25.1 Å². The smallest absolute Gasteiger partial charge is 0.308 e. The molecule has 0 unspecified atom stereocenters. The van der Waals surface area contributed by atoms with Gasteiger partial charge in [-0.3, -0.25) is 14.4 Å². The molecule has 26 heavy (non-hydrogen) atoms. The van der Waals surface area contributed by atoms with Gasteiger partial charge in [-0.15, -0.1) is 0 Å². The van der Waals surface area contributed by atoms with E-state index in [1.165, 1.54) is 11.8 Å². The largest absolute Gasteiger partial charge is 0.469 e. The number of likely N-dealkylation sites (tertiary alicyclic amines) is 1. The van der Waals surface area contributed by atoms with Gasteiger partial charge in [-0.05, 0) is 25.3 Å². The number of nitrogens with zero attached hydrogens (tertiary/aromatic N) is 3. The van der Waals surface area contributed by atoms with Crippen LogP contribution in [0.4, 0.5) is 0 Å². The molecule has 1 fully saturated rings. The molecule has 2 heterocycles. The zero-order valence-corrected chi connectivity index (χ0v) is 15.1. The molecule has 7 heteroatoms. The molecule has 0 radical (unpaired) electrons. The highest BCUT2D eigenvalue weighted by atomic mass is 16.5. The maximum absolute atomic E-state index is 13.1. The van der Waals surface area contributed by atoms with Crippen molar-refractivity contribution in [2.45, 2.75) is 32.7 Å². The summed E-state index contributed by atoms with van der Waals surface area (Å²) in [5.41, 5.74) is 0.119. The SMILES string of the molecule is CCCn1nc(C(=O)N2CCC(C(=O)OC)CC2)c2ccccc2c1=O. The van der Waals surface area contributed by atoms with Gasteiger partial charge in [-0.25, -0.2) is 4.68 Å². The Morgan fingerprint density at radius 3 is 2.46 bits per heavy atom. The van der Waals surface area contributed by atoms with Crippen molar-refractivity contribution in [1.29, 1.82) is 0 Å². The Kier molecular flexibility index (Phi) is 5.35. The second-order valence-electron chi connectivity index (χ2n) is 6.51. The van der Waals surface area contributed by atoms with Crippen LogP contribution in [0.25, 0.3) is 10.8 Å². The van der Waals surface area contributed by atoms with Crippen molar-refractivity contribution in [3.8, 4) is 0 Å². The van der Waals surface area contributed by atoms with Crippen LogP contribution >= 0.6 is 0 Å². The lowest BCUT2D eigenvalue weighted by Crippen LogP contribution is -2.41. The molecular formula is C19H23N3O4. The summed E-state index contributed by atoms with van der Waals surface area (Å²) in [6.07, 6.45) is 1.90. The zero-order valence-electron chi connectivity index (χ0n) is 15.1. The van der Waals surface area contributed by atoms with Crippen LogP contribution in [0.2, 0.25) is 0 Å². The van der Waals surface area contributed by atoms with E-state index in [0.717, 1.165) is 6.42 Å². The molecule has 0 spiro atoms. The normalized spacial score (nSPS) is 15.2. The van der Waals surface area contributed by atoms with Crippen LogP contribution in [0.3, 0.4) is 0 Å². The summed E-state index contributed by atoms with van der Waals surface area (Å²) in [5, 5.41) is 5.43. The quantitative estimate of drug-likeness (QED) is 0.780. The molecule has 1 aliphatic rings. The molecule has 3 rings (SSSR count). The lowest BCUT2D eigenvalue weighted by molar-refractivity contribution is -0.146. The highest BCUT2D eigenvalue weighted by Crippen LogP contribution is 2.22. The fraction of sp³-hybridized carbons (Fsp3) is 0.474. The van der Waals surface area contributed by atoms with Gasteiger partial charge >= 0.3 is 5.97 Å². The van der Waals surface area contributed by atoms with Gasteiger partial charge in [0.05, 0.1) is 18.4 Å². The minimum Gasteiger partial charge on any atom is -0.469 e. The molecule has 1 amide bonds. The van der Waals surface area contributed by atoms with Crippen LogP contribution in [0.1, 0.15) is 36.7 Å². The summed E-state index contributed by atoms with van der Waals surface area (Å²) < 4.78 is 6.16. The molecule has 7 nitrogen and oxygen atoms in total. The molecule has 0 bridgehead atoms. The lowest BCUT2D eigenvalue weighted by Gasteiger charge is -2.30. The molecular weight excluding hydrogens is 334 g/mol. The van der Waals surface area contributed by atoms with Gasteiger partial charge in [0.2, 0.25) is 0 Å². The third kappa shape index (κ3) is 3.34. The average molecular weight is 357 g/mol. The number of ether oxygens (including phenoxy) is 1. The Labute approximate surface area is 151 Å². The number of hydrogen-bond donors (Lipinski definition) is 0. The number of rotatable bonds is 4. The Hall–Kier alpha value is -2.70. The van der Waals surface area contributed by atoms with Gasteiger partial charge in [0, 0.05) is 25.0 Å². The highest BCUT2D eigenvalue weighted by molar-refractivity contribution is 6.04. The van der Waals surface area contributed by atoms with Crippen molar-refractivity contribution in [3.63, 3.8) is 0 Å². The zero-order chi connectivity index (χ0) is 18.7. The first-order valence-electron chi connectivity index (χ1n) is 8.93. The summed E-state index contributed by atoms with van der Waals surface area (Å²) >= 11 is 0. The number of benzene rings is 1. The van der Waals surface area contributed by atoms with Gasteiger partial charge in [0.25, 0.3) is 11.5 Å². The molecule has 0 aliphatic carbocycles. The van der Waals surface area contributed by atoms with E-state index in [1.54, 1.807) is 29.2 Å². The Balaban J connectivity index is 1.92. The van der Waals surface area contributed by atoms with Crippen molar-refractivity contribution < 1.29 is 14.3 Å². The second kappa shape index (κ2) is 7.68. The van der Waals surface area contributed by atoms with Gasteiger partial charge in [0.15, 0.2) is 5.69 Å². The van der Waals surface area contributed by atoms with Gasteiger partial charge < -0.3 is 9.64 Å². The second-order valence-corrected chi connectivity index (χ2v) is 6.51. The Morgan fingerprint density at radius 1 is 1.19 bits per heavy atom. The number of hydrogen-bond acceptors (Lipinski definition) is 5. The number of piperidine rings is 1. The summed E-state index contributed by atoms with van der Waals surface area (Å²) in [7, 11) is 1.38. The topological polar surface area (TPSA) is 81.5 Å². The first kappa shape index (κ1) is 18.1. The molecule has 138 valence electrons. The number of carbonyl (C=O) groups is 2. The molecule has 1 aliphatic heterocycles. The Morgan fingerprint density at radius 2 is 1.85 bits per heavy atom. The van der Waals surface area contributed by atoms with E-state index in [1.807, 2.05) is 6.92 Å². The van der Waals surface area contributed by atoms with Crippen LogP contribution in [-0.2, 0) is 16.1 Å². The number of methoxy groups -OCH3 is 1. The van der Waals surface area contributed by atoms with E-state index in [9.17, 15) is 14.4 Å². The highest BCUT2D eigenvalue weighted by Gasteiger charge is 2.30. The maximum atomic E-state index is 13.1. The van der Waals surface area contributed by atoms with E-state index < -0.39 is 0 Å². The summed E-state index contributed by atoms with van der Waals surface area (Å²) in [5.74, 6) is -0.589. The van der Waals surface area contributed by atoms with Crippen molar-refractivity contribution in [2.75, 3.05) is 20.2 Å². The van der Waals surface area contributed by atoms with E-state index in [2.05, 4.69) is 5.10 Å². The fourth-order valence-electron chi connectivity index (χ4n) is 3.39. The number of carbonyl (C=O) groups excluding carboxylic acids is 2. The van der Waals surface area contributed by atoms with Crippen molar-refractivity contribution in [3.05, 3.63) is 40.3 Å². The number of amides is 1. The van der Waals surface area contributed by atoms with Crippen molar-refractivity contribution in [1.82, 2.24) is 14.7 Å². The van der Waals surface area contributed by atoms with Gasteiger partial charge in [-0.2, -0.15) is 5.10 Å². The van der Waals surface area contributed by atoms with E-state index in [4.69, 9.17) is 4.74 Å². The van der Waals surface area contributed by atoms with Crippen LogP contribution in [0.15, 0.2) is 29.1 Å². The predicted octanol–water partition coefficient (Wildman–Crippen LogP) is 1.83. The molecule has 1 aromatic heterocycles. The maximum Gasteiger partial charge on any atom is 0.308 e. The average Bonchev–Trinajstić information content (AvgIpc) is 2.69. The first-order chi connectivity index (χ1) is 12.6. The minimum absolute atomic E-state index is 0.164. The first-order valence-corrected chi connectivity index (χ1v) is 8.93. The summed E-state index contributed by atoms with van der Waals surface area (Å²) in [6, 6.07) is 7.07. The van der Waals surface area contributed by atoms with Crippen LogP contribution in [-0.4, -0.2) is 46.8 Å². The van der Waals surface area contributed by atoms with E-state index in [0.29, 0.717) is 48.9 Å². The fourth-order valence-corrected chi connectivity index (χ4v) is 3.39.